The average molecular weight is 277 g/mol. The SMILES string of the molecule is CC(C)(C)CC(=O)N[CH]Cc1ccc(OC(N)=O)cc1. The summed E-state index contributed by atoms with van der Waals surface area (Å²) in [5.74, 6) is 0.407. The van der Waals surface area contributed by atoms with Gasteiger partial charge in [-0.3, -0.25) is 4.79 Å². The van der Waals surface area contributed by atoms with Gasteiger partial charge in [0.15, 0.2) is 0 Å². The summed E-state index contributed by atoms with van der Waals surface area (Å²) in [7, 11) is 0. The van der Waals surface area contributed by atoms with E-state index < -0.39 is 6.09 Å². The molecule has 0 aliphatic carbocycles. The molecule has 20 heavy (non-hydrogen) atoms. The van der Waals surface area contributed by atoms with Gasteiger partial charge in [0, 0.05) is 6.42 Å². The zero-order valence-electron chi connectivity index (χ0n) is 12.1. The largest absolute Gasteiger partial charge is 0.411 e. The van der Waals surface area contributed by atoms with E-state index in [0.717, 1.165) is 5.56 Å². The lowest BCUT2D eigenvalue weighted by atomic mass is 9.92. The van der Waals surface area contributed by atoms with E-state index in [9.17, 15) is 9.59 Å². The number of hydrogen-bond donors (Lipinski definition) is 2. The summed E-state index contributed by atoms with van der Waals surface area (Å²) in [6, 6.07) is 6.94. The second kappa shape index (κ2) is 6.93. The van der Waals surface area contributed by atoms with Gasteiger partial charge in [0.05, 0.1) is 6.54 Å². The number of carbonyl (C=O) groups is 2. The summed E-state index contributed by atoms with van der Waals surface area (Å²) in [6.07, 6.45) is 0.250. The van der Waals surface area contributed by atoms with Crippen LogP contribution in [0.3, 0.4) is 0 Å². The van der Waals surface area contributed by atoms with Crippen molar-refractivity contribution in [3.8, 4) is 5.75 Å². The molecule has 0 aliphatic rings. The average Bonchev–Trinajstić information content (AvgIpc) is 2.28. The van der Waals surface area contributed by atoms with Gasteiger partial charge in [0.2, 0.25) is 5.91 Å². The van der Waals surface area contributed by atoms with Crippen molar-refractivity contribution in [3.05, 3.63) is 36.4 Å². The number of nitrogens with two attached hydrogens (primary N) is 1. The molecule has 1 aromatic rings. The highest BCUT2D eigenvalue weighted by molar-refractivity contribution is 5.77. The van der Waals surface area contributed by atoms with Crippen LogP contribution in [0, 0.1) is 12.0 Å². The minimum Gasteiger partial charge on any atom is -0.411 e. The molecule has 0 saturated heterocycles. The van der Waals surface area contributed by atoms with Crippen molar-refractivity contribution in [2.75, 3.05) is 0 Å². The Hall–Kier alpha value is -2.04. The van der Waals surface area contributed by atoms with Gasteiger partial charge in [-0.1, -0.05) is 32.9 Å². The summed E-state index contributed by atoms with van der Waals surface area (Å²) in [4.78, 5) is 22.2. The molecule has 0 aliphatic heterocycles. The first-order valence-electron chi connectivity index (χ1n) is 6.43. The van der Waals surface area contributed by atoms with Crippen LogP contribution in [0.15, 0.2) is 24.3 Å². The maximum absolute atomic E-state index is 11.6. The minimum atomic E-state index is -0.834. The van der Waals surface area contributed by atoms with Gasteiger partial charge in [-0.05, 0) is 29.5 Å². The first kappa shape index (κ1) is 16.0. The topological polar surface area (TPSA) is 81.4 Å². The van der Waals surface area contributed by atoms with E-state index in [0.29, 0.717) is 18.6 Å². The van der Waals surface area contributed by atoms with E-state index >= 15 is 0 Å². The van der Waals surface area contributed by atoms with Crippen LogP contribution in [-0.2, 0) is 11.2 Å². The summed E-state index contributed by atoms with van der Waals surface area (Å²) >= 11 is 0. The monoisotopic (exact) mass is 277 g/mol. The molecule has 3 N–H and O–H groups in total. The Labute approximate surface area is 119 Å². The summed E-state index contributed by atoms with van der Waals surface area (Å²) in [5.41, 5.74) is 5.89. The first-order chi connectivity index (χ1) is 9.26. The van der Waals surface area contributed by atoms with Gasteiger partial charge in [-0.25, -0.2) is 4.79 Å². The van der Waals surface area contributed by atoms with E-state index in [2.05, 4.69) is 5.32 Å². The van der Waals surface area contributed by atoms with Crippen LogP contribution in [0.5, 0.6) is 5.75 Å². The molecule has 0 saturated carbocycles. The Morgan fingerprint density at radius 1 is 1.25 bits per heavy atom. The molecule has 2 amide bonds. The van der Waals surface area contributed by atoms with Crippen molar-refractivity contribution in [1.29, 1.82) is 0 Å². The minimum absolute atomic E-state index is 0.00572. The smallest absolute Gasteiger partial charge is 0.409 e. The molecular formula is C15H21N2O3. The van der Waals surface area contributed by atoms with E-state index in [1.165, 1.54) is 0 Å². The van der Waals surface area contributed by atoms with Crippen LogP contribution in [0.1, 0.15) is 32.8 Å². The van der Waals surface area contributed by atoms with Gasteiger partial charge in [0.25, 0.3) is 0 Å². The third-order valence-corrected chi connectivity index (χ3v) is 2.43. The predicted molar refractivity (Wildman–Crippen MR) is 76.9 cm³/mol. The van der Waals surface area contributed by atoms with Crippen molar-refractivity contribution in [3.63, 3.8) is 0 Å². The van der Waals surface area contributed by atoms with E-state index in [1.54, 1.807) is 18.7 Å². The molecule has 1 rings (SSSR count). The molecule has 5 nitrogen and oxygen atoms in total. The molecule has 1 aromatic carbocycles. The molecule has 1 radical (unpaired) electrons. The van der Waals surface area contributed by atoms with Crippen molar-refractivity contribution >= 4 is 12.0 Å². The number of carbonyl (C=O) groups excluding carboxylic acids is 2. The maximum Gasteiger partial charge on any atom is 0.409 e. The zero-order chi connectivity index (χ0) is 15.2. The van der Waals surface area contributed by atoms with Crippen molar-refractivity contribution in [2.45, 2.75) is 33.6 Å². The lowest BCUT2D eigenvalue weighted by Crippen LogP contribution is -2.26. The van der Waals surface area contributed by atoms with E-state index in [1.807, 2.05) is 32.9 Å². The Morgan fingerprint density at radius 2 is 1.85 bits per heavy atom. The van der Waals surface area contributed by atoms with Crippen LogP contribution in [0.2, 0.25) is 0 Å². The van der Waals surface area contributed by atoms with E-state index in [-0.39, 0.29) is 11.3 Å². The lowest BCUT2D eigenvalue weighted by Gasteiger charge is -2.17. The number of rotatable bonds is 5. The van der Waals surface area contributed by atoms with Gasteiger partial charge < -0.3 is 15.8 Å². The normalized spacial score (nSPS) is 10.9. The fourth-order valence-electron chi connectivity index (χ4n) is 1.63. The number of hydrogen-bond acceptors (Lipinski definition) is 3. The van der Waals surface area contributed by atoms with Crippen molar-refractivity contribution < 1.29 is 14.3 Å². The quantitative estimate of drug-likeness (QED) is 0.867. The van der Waals surface area contributed by atoms with Crippen LogP contribution in [0.25, 0.3) is 0 Å². The van der Waals surface area contributed by atoms with Gasteiger partial charge in [-0.15, -0.1) is 0 Å². The third-order valence-electron chi connectivity index (χ3n) is 2.43. The summed E-state index contributed by atoms with van der Waals surface area (Å²) in [6.45, 7) is 7.77. The van der Waals surface area contributed by atoms with Gasteiger partial charge in [-0.2, -0.15) is 0 Å². The van der Waals surface area contributed by atoms with Crippen molar-refractivity contribution in [1.82, 2.24) is 5.32 Å². The van der Waals surface area contributed by atoms with Crippen LogP contribution in [0.4, 0.5) is 4.79 Å². The molecule has 0 unspecified atom stereocenters. The zero-order valence-corrected chi connectivity index (χ0v) is 12.1. The predicted octanol–water partition coefficient (Wildman–Crippen LogP) is 2.40. The molecule has 0 heterocycles. The maximum atomic E-state index is 11.6. The number of amides is 2. The Kier molecular flexibility index (Phi) is 5.55. The van der Waals surface area contributed by atoms with Crippen molar-refractivity contribution in [2.24, 2.45) is 11.1 Å². The Balaban J connectivity index is 2.35. The molecular weight excluding hydrogens is 256 g/mol. The summed E-state index contributed by atoms with van der Waals surface area (Å²) in [5, 5.41) is 2.77. The molecule has 0 spiro atoms. The Morgan fingerprint density at radius 3 is 2.35 bits per heavy atom. The highest BCUT2D eigenvalue weighted by Gasteiger charge is 2.15. The van der Waals surface area contributed by atoms with Gasteiger partial charge in [0.1, 0.15) is 5.75 Å². The number of primary amides is 1. The standard InChI is InChI=1S/C15H21N2O3/c1-15(2,3)10-13(18)17-9-8-11-4-6-12(7-5-11)20-14(16)19/h4-7,9H,8,10H2,1-3H3,(H2,16,19)(H,17,18). The number of nitrogens with one attached hydrogen (secondary N) is 1. The van der Waals surface area contributed by atoms with Crippen LogP contribution in [-0.4, -0.2) is 12.0 Å². The highest BCUT2D eigenvalue weighted by Crippen LogP contribution is 2.18. The van der Waals surface area contributed by atoms with Crippen LogP contribution >= 0.6 is 0 Å². The fourth-order valence-corrected chi connectivity index (χ4v) is 1.63. The molecule has 0 aromatic heterocycles. The third kappa shape index (κ3) is 6.78. The van der Waals surface area contributed by atoms with E-state index in [4.69, 9.17) is 10.5 Å². The second-order valence-corrected chi connectivity index (χ2v) is 5.78. The molecule has 5 heteroatoms. The second-order valence-electron chi connectivity index (χ2n) is 5.78. The molecule has 0 fully saturated rings. The van der Waals surface area contributed by atoms with Crippen LogP contribution < -0.4 is 15.8 Å². The fraction of sp³-hybridized carbons (Fsp3) is 0.400. The highest BCUT2D eigenvalue weighted by atomic mass is 16.5. The molecule has 109 valence electrons. The summed E-state index contributed by atoms with van der Waals surface area (Å²) < 4.78 is 4.73. The molecule has 0 bridgehead atoms. The number of ether oxygens (including phenoxy) is 1. The Bertz CT molecular complexity index is 461. The van der Waals surface area contributed by atoms with Gasteiger partial charge >= 0.3 is 6.09 Å². The molecule has 0 atom stereocenters. The first-order valence-corrected chi connectivity index (χ1v) is 6.43. The lowest BCUT2D eigenvalue weighted by molar-refractivity contribution is -0.122. The number of benzene rings is 1.